The Bertz CT molecular complexity index is 614. The summed E-state index contributed by atoms with van der Waals surface area (Å²) < 4.78 is 2.70. The third-order valence-corrected chi connectivity index (χ3v) is 3.33. The van der Waals surface area contributed by atoms with Gasteiger partial charge in [-0.25, -0.2) is 9.97 Å². The Morgan fingerprint density at radius 1 is 1.20 bits per heavy atom. The van der Waals surface area contributed by atoms with Gasteiger partial charge in [0.05, 0.1) is 4.34 Å². The molecule has 0 saturated carbocycles. The van der Waals surface area contributed by atoms with Crippen molar-refractivity contribution in [1.29, 1.82) is 0 Å². The Balaban J connectivity index is 2.27. The van der Waals surface area contributed by atoms with Gasteiger partial charge in [0.2, 0.25) is 0 Å². The Hall–Kier alpha value is -1.39. The normalized spacial score (nSPS) is 11.0. The Morgan fingerprint density at radius 3 is 2.93 bits per heavy atom. The fourth-order valence-corrected chi connectivity index (χ4v) is 2.45. The van der Waals surface area contributed by atoms with E-state index in [0.29, 0.717) is 0 Å². The molecule has 3 aromatic heterocycles. The summed E-state index contributed by atoms with van der Waals surface area (Å²) in [6.45, 7) is 0. The maximum atomic E-state index is 5.89. The number of pyridine rings is 1. The van der Waals surface area contributed by atoms with Crippen LogP contribution in [0, 0.1) is 0 Å². The molecule has 74 valence electrons. The second kappa shape index (κ2) is 3.32. The van der Waals surface area contributed by atoms with Crippen LogP contribution in [0.4, 0.5) is 0 Å². The van der Waals surface area contributed by atoms with Gasteiger partial charge in [-0.15, -0.1) is 11.3 Å². The van der Waals surface area contributed by atoms with Crippen molar-refractivity contribution in [2.24, 2.45) is 0 Å². The van der Waals surface area contributed by atoms with Gasteiger partial charge < -0.3 is 0 Å². The third kappa shape index (κ3) is 1.42. The van der Waals surface area contributed by atoms with Crippen molar-refractivity contribution in [2.45, 2.75) is 0 Å². The van der Waals surface area contributed by atoms with Crippen LogP contribution in [0.15, 0.2) is 36.8 Å². The summed E-state index contributed by atoms with van der Waals surface area (Å²) in [6.07, 6.45) is 3.52. The Morgan fingerprint density at radius 2 is 2.13 bits per heavy atom. The van der Waals surface area contributed by atoms with E-state index in [4.69, 9.17) is 11.6 Å². The van der Waals surface area contributed by atoms with Crippen molar-refractivity contribution < 1.29 is 0 Å². The highest BCUT2D eigenvalue weighted by molar-refractivity contribution is 7.18. The van der Waals surface area contributed by atoms with Gasteiger partial charge in [0.15, 0.2) is 5.65 Å². The summed E-state index contributed by atoms with van der Waals surface area (Å²) in [7, 11) is 0. The molecule has 0 fully saturated rings. The van der Waals surface area contributed by atoms with Gasteiger partial charge in [-0.2, -0.15) is 0 Å². The number of nitrogens with zero attached hydrogens (tertiary/aromatic N) is 3. The predicted octanol–water partition coefficient (Wildman–Crippen LogP) is 3.14. The van der Waals surface area contributed by atoms with Gasteiger partial charge >= 0.3 is 0 Å². The van der Waals surface area contributed by atoms with E-state index in [0.717, 1.165) is 20.5 Å². The van der Waals surface area contributed by atoms with Crippen molar-refractivity contribution >= 4 is 34.1 Å². The van der Waals surface area contributed by atoms with Crippen molar-refractivity contribution in [3.05, 3.63) is 41.1 Å². The van der Waals surface area contributed by atoms with Crippen molar-refractivity contribution in [3.8, 4) is 5.00 Å². The summed E-state index contributed by atoms with van der Waals surface area (Å²) in [4.78, 5) is 8.56. The number of fused-ring (bicyclic) bond motifs is 1. The number of hydrogen-bond donors (Lipinski definition) is 0. The van der Waals surface area contributed by atoms with E-state index < -0.39 is 0 Å². The van der Waals surface area contributed by atoms with Crippen LogP contribution in [-0.4, -0.2) is 14.5 Å². The second-order valence-corrected chi connectivity index (χ2v) is 4.73. The van der Waals surface area contributed by atoms with Crippen LogP contribution in [0.2, 0.25) is 4.34 Å². The minimum atomic E-state index is 0.766. The van der Waals surface area contributed by atoms with Crippen LogP contribution >= 0.6 is 22.9 Å². The molecule has 0 spiro atoms. The van der Waals surface area contributed by atoms with Crippen molar-refractivity contribution in [1.82, 2.24) is 14.5 Å². The number of rotatable bonds is 1. The molecule has 5 heteroatoms. The monoisotopic (exact) mass is 235 g/mol. The molecular formula is C10H6ClN3S. The average molecular weight is 236 g/mol. The molecule has 0 N–H and O–H groups in total. The van der Waals surface area contributed by atoms with E-state index in [-0.39, 0.29) is 0 Å². The van der Waals surface area contributed by atoms with Crippen molar-refractivity contribution in [2.75, 3.05) is 0 Å². The SMILES string of the molecule is Clc1ccc(-n2cnc3cccnc32)s1. The molecule has 0 aliphatic rings. The van der Waals surface area contributed by atoms with Crippen LogP contribution in [0.25, 0.3) is 16.2 Å². The van der Waals surface area contributed by atoms with Crippen LogP contribution in [-0.2, 0) is 0 Å². The number of halogens is 1. The zero-order chi connectivity index (χ0) is 10.3. The van der Waals surface area contributed by atoms with E-state index >= 15 is 0 Å². The highest BCUT2D eigenvalue weighted by Gasteiger charge is 2.06. The molecule has 0 radical (unpaired) electrons. The first-order valence-corrected chi connectivity index (χ1v) is 5.58. The molecule has 3 nitrogen and oxygen atoms in total. The summed E-state index contributed by atoms with van der Waals surface area (Å²) in [5.41, 5.74) is 1.75. The van der Waals surface area contributed by atoms with E-state index in [1.54, 1.807) is 12.5 Å². The summed E-state index contributed by atoms with van der Waals surface area (Å²) in [5.74, 6) is 0. The molecule has 15 heavy (non-hydrogen) atoms. The molecule has 0 amide bonds. The first-order valence-electron chi connectivity index (χ1n) is 4.38. The Kier molecular flexibility index (Phi) is 1.97. The molecular weight excluding hydrogens is 230 g/mol. The first-order chi connectivity index (χ1) is 7.34. The highest BCUT2D eigenvalue weighted by Crippen LogP contribution is 2.26. The summed E-state index contributed by atoms with van der Waals surface area (Å²) in [5, 5.41) is 1.03. The van der Waals surface area contributed by atoms with Crippen LogP contribution in [0.5, 0.6) is 0 Å². The molecule has 0 aliphatic carbocycles. The van der Waals surface area contributed by atoms with Gasteiger partial charge in [0.1, 0.15) is 16.8 Å². The Labute approximate surface area is 95.0 Å². The first kappa shape index (κ1) is 8.88. The molecule has 3 rings (SSSR count). The lowest BCUT2D eigenvalue weighted by molar-refractivity contribution is 1.09. The van der Waals surface area contributed by atoms with E-state index in [9.17, 15) is 0 Å². The molecule has 0 aromatic carbocycles. The fourth-order valence-electron chi connectivity index (χ4n) is 1.44. The zero-order valence-corrected chi connectivity index (χ0v) is 9.16. The number of aromatic nitrogens is 3. The largest absolute Gasteiger partial charge is 0.274 e. The number of thiophene rings is 1. The lowest BCUT2D eigenvalue weighted by atomic mass is 10.4. The standard InChI is InChI=1S/C10H6ClN3S/c11-8-3-4-9(15-8)14-6-13-7-2-1-5-12-10(7)14/h1-6H. The van der Waals surface area contributed by atoms with Gasteiger partial charge in [-0.1, -0.05) is 11.6 Å². The minimum Gasteiger partial charge on any atom is -0.274 e. The van der Waals surface area contributed by atoms with Gasteiger partial charge in [0.25, 0.3) is 0 Å². The molecule has 3 heterocycles. The molecule has 3 aromatic rings. The molecule has 0 aliphatic heterocycles. The second-order valence-electron chi connectivity index (χ2n) is 3.04. The fraction of sp³-hybridized carbons (Fsp3) is 0. The van der Waals surface area contributed by atoms with Crippen LogP contribution < -0.4 is 0 Å². The lowest BCUT2D eigenvalue weighted by Gasteiger charge is -1.97. The smallest absolute Gasteiger partial charge is 0.165 e. The lowest BCUT2D eigenvalue weighted by Crippen LogP contribution is -1.89. The molecule has 0 atom stereocenters. The van der Waals surface area contributed by atoms with Gasteiger partial charge in [0, 0.05) is 6.20 Å². The topological polar surface area (TPSA) is 30.7 Å². The van der Waals surface area contributed by atoms with E-state index in [2.05, 4.69) is 9.97 Å². The molecule has 0 bridgehead atoms. The molecule has 0 unspecified atom stereocenters. The average Bonchev–Trinajstić information content (AvgIpc) is 2.83. The van der Waals surface area contributed by atoms with E-state index in [1.165, 1.54) is 11.3 Å². The maximum absolute atomic E-state index is 5.89. The van der Waals surface area contributed by atoms with Gasteiger partial charge in [-0.3, -0.25) is 4.57 Å². The van der Waals surface area contributed by atoms with Crippen LogP contribution in [0.1, 0.15) is 0 Å². The third-order valence-electron chi connectivity index (χ3n) is 2.10. The van der Waals surface area contributed by atoms with Gasteiger partial charge in [-0.05, 0) is 24.3 Å². The summed E-state index contributed by atoms with van der Waals surface area (Å²) in [6, 6.07) is 7.65. The molecule has 0 saturated heterocycles. The number of imidazole rings is 1. The maximum Gasteiger partial charge on any atom is 0.165 e. The highest BCUT2D eigenvalue weighted by atomic mass is 35.5. The quantitative estimate of drug-likeness (QED) is 0.649. The van der Waals surface area contributed by atoms with Crippen LogP contribution in [0.3, 0.4) is 0 Å². The zero-order valence-electron chi connectivity index (χ0n) is 7.59. The minimum absolute atomic E-state index is 0.766. The number of hydrogen-bond acceptors (Lipinski definition) is 3. The van der Waals surface area contributed by atoms with Crippen molar-refractivity contribution in [3.63, 3.8) is 0 Å². The summed E-state index contributed by atoms with van der Waals surface area (Å²) >= 11 is 7.40. The van der Waals surface area contributed by atoms with E-state index in [1.807, 2.05) is 28.8 Å². The predicted molar refractivity (Wildman–Crippen MR) is 61.8 cm³/mol.